The van der Waals surface area contributed by atoms with Crippen molar-refractivity contribution in [2.75, 3.05) is 26.9 Å². The molecule has 0 aliphatic rings. The minimum Gasteiger partial charge on any atom is -0.493 e. The van der Waals surface area contributed by atoms with Gasteiger partial charge in [0.2, 0.25) is 0 Å². The summed E-state index contributed by atoms with van der Waals surface area (Å²) in [6.45, 7) is 6.64. The molecule has 1 atom stereocenters. The second-order valence-electron chi connectivity index (χ2n) is 6.72. The van der Waals surface area contributed by atoms with Gasteiger partial charge in [0.1, 0.15) is 6.61 Å². The average molecular weight is 472 g/mol. The predicted octanol–water partition coefficient (Wildman–Crippen LogP) is 4.46. The van der Waals surface area contributed by atoms with Crippen LogP contribution in [0.25, 0.3) is 0 Å². The Morgan fingerprint density at radius 2 is 1.97 bits per heavy atom. The van der Waals surface area contributed by atoms with Crippen molar-refractivity contribution in [1.29, 1.82) is 0 Å². The number of ether oxygens (including phenoxy) is 3. The van der Waals surface area contributed by atoms with Crippen molar-refractivity contribution in [1.82, 2.24) is 5.32 Å². The van der Waals surface area contributed by atoms with Gasteiger partial charge in [0.05, 0.1) is 13.7 Å². The molecule has 0 fully saturated rings. The molecule has 5 nitrogen and oxygen atoms in total. The zero-order valence-corrected chi connectivity index (χ0v) is 18.8. The van der Waals surface area contributed by atoms with E-state index in [4.69, 9.17) is 20.6 Å². The summed E-state index contributed by atoms with van der Waals surface area (Å²) in [6, 6.07) is 13.1. The SMILES string of the molecule is C#CCOc1ccc(CCNC(=O)C(OCC(=C)C)c2ccc(Br)cc2)cc1OC. The minimum atomic E-state index is -0.705. The van der Waals surface area contributed by atoms with Crippen molar-refractivity contribution in [3.8, 4) is 23.8 Å². The standard InChI is InChI=1S/C24H26BrNO4/c1-5-14-29-21-11-6-18(15-22(21)28-4)12-13-26-24(27)23(30-16-17(2)3)19-7-9-20(25)10-8-19/h1,6-11,15,23H,2,12-14,16H2,3-4H3,(H,26,27). The molecule has 0 aromatic heterocycles. The molecule has 0 aliphatic carbocycles. The van der Waals surface area contributed by atoms with Crippen molar-refractivity contribution < 1.29 is 19.0 Å². The molecule has 1 amide bonds. The second kappa shape index (κ2) is 12.1. The van der Waals surface area contributed by atoms with Crippen LogP contribution in [0.15, 0.2) is 59.1 Å². The maximum Gasteiger partial charge on any atom is 0.253 e. The van der Waals surface area contributed by atoms with Gasteiger partial charge in [-0.05, 0) is 48.7 Å². The highest BCUT2D eigenvalue weighted by Gasteiger charge is 2.21. The first-order valence-electron chi connectivity index (χ1n) is 9.47. The highest BCUT2D eigenvalue weighted by molar-refractivity contribution is 9.10. The Balaban J connectivity index is 2.00. The summed E-state index contributed by atoms with van der Waals surface area (Å²) in [4.78, 5) is 12.8. The number of methoxy groups -OCH3 is 1. The van der Waals surface area contributed by atoms with E-state index in [2.05, 4.69) is 33.7 Å². The number of halogens is 1. The molecule has 30 heavy (non-hydrogen) atoms. The lowest BCUT2D eigenvalue weighted by atomic mass is 10.1. The van der Waals surface area contributed by atoms with Crippen LogP contribution < -0.4 is 14.8 Å². The molecular weight excluding hydrogens is 446 g/mol. The van der Waals surface area contributed by atoms with E-state index in [1.54, 1.807) is 7.11 Å². The average Bonchev–Trinajstić information content (AvgIpc) is 2.73. The number of amides is 1. The van der Waals surface area contributed by atoms with E-state index < -0.39 is 6.10 Å². The van der Waals surface area contributed by atoms with E-state index in [0.29, 0.717) is 31.1 Å². The number of hydrogen-bond donors (Lipinski definition) is 1. The van der Waals surface area contributed by atoms with Crippen LogP contribution in [-0.4, -0.2) is 32.8 Å². The van der Waals surface area contributed by atoms with Gasteiger partial charge in [-0.2, -0.15) is 0 Å². The highest BCUT2D eigenvalue weighted by Crippen LogP contribution is 2.28. The quantitative estimate of drug-likeness (QED) is 0.388. The second-order valence-corrected chi connectivity index (χ2v) is 7.63. The monoisotopic (exact) mass is 471 g/mol. The van der Waals surface area contributed by atoms with Crippen LogP contribution >= 0.6 is 15.9 Å². The van der Waals surface area contributed by atoms with Gasteiger partial charge in [0, 0.05) is 11.0 Å². The van der Waals surface area contributed by atoms with Crippen LogP contribution in [0.3, 0.4) is 0 Å². The largest absolute Gasteiger partial charge is 0.493 e. The summed E-state index contributed by atoms with van der Waals surface area (Å²) in [5, 5.41) is 2.95. The summed E-state index contributed by atoms with van der Waals surface area (Å²) in [6.07, 6.45) is 5.16. The van der Waals surface area contributed by atoms with E-state index in [1.165, 1.54) is 0 Å². The molecule has 1 unspecified atom stereocenters. The zero-order valence-electron chi connectivity index (χ0n) is 17.2. The number of carbonyl (C=O) groups is 1. The third-order valence-electron chi connectivity index (χ3n) is 4.16. The molecule has 158 valence electrons. The van der Waals surface area contributed by atoms with E-state index in [9.17, 15) is 4.79 Å². The number of nitrogens with one attached hydrogen (secondary N) is 1. The Kier molecular flexibility index (Phi) is 9.46. The number of hydrogen-bond acceptors (Lipinski definition) is 4. The van der Waals surface area contributed by atoms with E-state index in [1.807, 2.05) is 49.4 Å². The van der Waals surface area contributed by atoms with Crippen LogP contribution in [-0.2, 0) is 16.0 Å². The zero-order chi connectivity index (χ0) is 21.9. The third-order valence-corrected chi connectivity index (χ3v) is 4.69. The topological polar surface area (TPSA) is 56.8 Å². The molecule has 0 spiro atoms. The smallest absolute Gasteiger partial charge is 0.253 e. The Morgan fingerprint density at radius 3 is 2.60 bits per heavy atom. The Labute approximate surface area is 186 Å². The van der Waals surface area contributed by atoms with Crippen LogP contribution in [0, 0.1) is 12.3 Å². The molecule has 0 saturated carbocycles. The third kappa shape index (κ3) is 7.25. The van der Waals surface area contributed by atoms with Gasteiger partial charge in [0.25, 0.3) is 5.91 Å². The highest BCUT2D eigenvalue weighted by atomic mass is 79.9. The molecule has 2 rings (SSSR count). The first kappa shape index (κ1) is 23.5. The van der Waals surface area contributed by atoms with Crippen LogP contribution in [0.1, 0.15) is 24.2 Å². The first-order chi connectivity index (χ1) is 14.4. The van der Waals surface area contributed by atoms with Crippen LogP contribution in [0.4, 0.5) is 0 Å². The summed E-state index contributed by atoms with van der Waals surface area (Å²) in [5.74, 6) is 3.43. The van der Waals surface area contributed by atoms with Crippen molar-refractivity contribution >= 4 is 21.8 Å². The van der Waals surface area contributed by atoms with Crippen molar-refractivity contribution in [2.24, 2.45) is 0 Å². The lowest BCUT2D eigenvalue weighted by Crippen LogP contribution is -2.32. The Hall–Kier alpha value is -2.75. The number of terminal acetylenes is 1. The van der Waals surface area contributed by atoms with Gasteiger partial charge in [-0.1, -0.05) is 52.2 Å². The number of benzene rings is 2. The van der Waals surface area contributed by atoms with Crippen LogP contribution in [0.5, 0.6) is 11.5 Å². The lowest BCUT2D eigenvalue weighted by Gasteiger charge is -2.18. The van der Waals surface area contributed by atoms with Crippen LogP contribution in [0.2, 0.25) is 0 Å². The first-order valence-corrected chi connectivity index (χ1v) is 10.3. The number of carbonyl (C=O) groups excluding carboxylic acids is 1. The summed E-state index contributed by atoms with van der Waals surface area (Å²) < 4.78 is 17.6. The molecule has 0 heterocycles. The summed E-state index contributed by atoms with van der Waals surface area (Å²) in [7, 11) is 1.57. The molecule has 2 aromatic carbocycles. The molecule has 6 heteroatoms. The van der Waals surface area contributed by atoms with E-state index >= 15 is 0 Å². The van der Waals surface area contributed by atoms with Gasteiger partial charge >= 0.3 is 0 Å². The molecule has 1 N–H and O–H groups in total. The molecule has 2 aromatic rings. The number of rotatable bonds is 11. The normalized spacial score (nSPS) is 11.3. The Morgan fingerprint density at radius 1 is 1.23 bits per heavy atom. The summed E-state index contributed by atoms with van der Waals surface area (Å²) in [5.41, 5.74) is 2.64. The van der Waals surface area contributed by atoms with Crippen molar-refractivity contribution in [3.63, 3.8) is 0 Å². The molecular formula is C24H26BrNO4. The fourth-order valence-electron chi connectivity index (χ4n) is 2.72. The van der Waals surface area contributed by atoms with E-state index in [-0.39, 0.29) is 12.5 Å². The fraction of sp³-hybridized carbons (Fsp3) is 0.292. The molecule has 0 radical (unpaired) electrons. The van der Waals surface area contributed by atoms with Crippen molar-refractivity contribution in [3.05, 3.63) is 70.2 Å². The Bertz CT molecular complexity index is 902. The van der Waals surface area contributed by atoms with Gasteiger partial charge in [-0.25, -0.2) is 0 Å². The van der Waals surface area contributed by atoms with Gasteiger partial charge in [0.15, 0.2) is 17.6 Å². The predicted molar refractivity (Wildman–Crippen MR) is 122 cm³/mol. The summed E-state index contributed by atoms with van der Waals surface area (Å²) >= 11 is 3.41. The van der Waals surface area contributed by atoms with Gasteiger partial charge in [-0.3, -0.25) is 4.79 Å². The maximum atomic E-state index is 12.8. The van der Waals surface area contributed by atoms with Gasteiger partial charge < -0.3 is 19.5 Å². The maximum absolute atomic E-state index is 12.8. The van der Waals surface area contributed by atoms with E-state index in [0.717, 1.165) is 21.2 Å². The molecule has 0 bridgehead atoms. The molecule has 0 saturated heterocycles. The minimum absolute atomic E-state index is 0.174. The fourth-order valence-corrected chi connectivity index (χ4v) is 2.98. The van der Waals surface area contributed by atoms with Gasteiger partial charge in [-0.15, -0.1) is 6.42 Å². The lowest BCUT2D eigenvalue weighted by molar-refractivity contribution is -0.132. The van der Waals surface area contributed by atoms with Crippen molar-refractivity contribution in [2.45, 2.75) is 19.4 Å². The molecule has 0 aliphatic heterocycles.